The van der Waals surface area contributed by atoms with Gasteiger partial charge in [-0.3, -0.25) is 5.10 Å². The van der Waals surface area contributed by atoms with Crippen LogP contribution in [-0.4, -0.2) is 50.2 Å². The van der Waals surface area contributed by atoms with Gasteiger partial charge in [-0.2, -0.15) is 5.10 Å². The number of nitrogens with two attached hydrogens (primary N) is 1. The van der Waals surface area contributed by atoms with E-state index in [0.29, 0.717) is 23.9 Å². The molecule has 1 saturated heterocycles. The van der Waals surface area contributed by atoms with Crippen molar-refractivity contribution in [2.45, 2.75) is 31.2 Å². The molecule has 20 heavy (non-hydrogen) atoms. The van der Waals surface area contributed by atoms with Crippen molar-refractivity contribution in [3.63, 3.8) is 0 Å². The third-order valence-electron chi connectivity index (χ3n) is 3.71. The molecule has 1 atom stereocenters. The van der Waals surface area contributed by atoms with Gasteiger partial charge in [0.15, 0.2) is 0 Å². The molecule has 0 aromatic carbocycles. The predicted molar refractivity (Wildman–Crippen MR) is 76.6 cm³/mol. The Bertz CT molecular complexity index is 554. The number of sulfonamides is 1. The summed E-state index contributed by atoms with van der Waals surface area (Å²) >= 11 is 0. The molecule has 114 valence electrons. The van der Waals surface area contributed by atoms with E-state index in [-0.39, 0.29) is 11.4 Å². The van der Waals surface area contributed by atoms with Crippen molar-refractivity contribution in [3.8, 4) is 0 Å². The SMILES string of the molecule is Cc1[nH]nc(CN)c1S(=O)(=O)NCC1CCCN(C)C1. The topological polar surface area (TPSA) is 104 Å². The first-order valence-corrected chi connectivity index (χ1v) is 8.34. The molecule has 1 unspecified atom stereocenters. The van der Waals surface area contributed by atoms with E-state index in [0.717, 1.165) is 25.9 Å². The lowest BCUT2D eigenvalue weighted by atomic mass is 9.99. The Morgan fingerprint density at radius 2 is 2.30 bits per heavy atom. The Hall–Kier alpha value is -0.960. The summed E-state index contributed by atoms with van der Waals surface area (Å²) in [5.41, 5.74) is 6.45. The van der Waals surface area contributed by atoms with Gasteiger partial charge in [0.25, 0.3) is 0 Å². The number of H-pyrrole nitrogens is 1. The highest BCUT2D eigenvalue weighted by molar-refractivity contribution is 7.89. The van der Waals surface area contributed by atoms with E-state index in [1.807, 2.05) is 0 Å². The largest absolute Gasteiger partial charge is 0.325 e. The van der Waals surface area contributed by atoms with Crippen LogP contribution in [0.15, 0.2) is 4.90 Å². The van der Waals surface area contributed by atoms with Crippen LogP contribution in [0.3, 0.4) is 0 Å². The number of nitrogens with zero attached hydrogens (tertiary/aromatic N) is 2. The maximum atomic E-state index is 12.4. The monoisotopic (exact) mass is 301 g/mol. The van der Waals surface area contributed by atoms with Crippen molar-refractivity contribution >= 4 is 10.0 Å². The molecule has 0 amide bonds. The van der Waals surface area contributed by atoms with E-state index in [9.17, 15) is 8.42 Å². The first-order valence-electron chi connectivity index (χ1n) is 6.86. The summed E-state index contributed by atoms with van der Waals surface area (Å²) < 4.78 is 27.5. The number of aryl methyl sites for hydroxylation is 1. The van der Waals surface area contributed by atoms with Gasteiger partial charge in [-0.15, -0.1) is 0 Å². The zero-order chi connectivity index (χ0) is 14.8. The van der Waals surface area contributed by atoms with E-state index in [1.165, 1.54) is 0 Å². The van der Waals surface area contributed by atoms with Gasteiger partial charge in [0, 0.05) is 19.6 Å². The average Bonchev–Trinajstić information content (AvgIpc) is 2.78. The molecule has 0 bridgehead atoms. The van der Waals surface area contributed by atoms with Crippen LogP contribution in [0.4, 0.5) is 0 Å². The smallest absolute Gasteiger partial charge is 0.244 e. The minimum absolute atomic E-state index is 0.104. The first-order chi connectivity index (χ1) is 9.44. The second kappa shape index (κ2) is 6.21. The van der Waals surface area contributed by atoms with Gasteiger partial charge < -0.3 is 10.6 Å². The van der Waals surface area contributed by atoms with Crippen LogP contribution in [0.5, 0.6) is 0 Å². The normalized spacial score (nSPS) is 21.2. The molecule has 0 radical (unpaired) electrons. The van der Waals surface area contributed by atoms with Crippen LogP contribution >= 0.6 is 0 Å². The van der Waals surface area contributed by atoms with Crippen molar-refractivity contribution in [2.75, 3.05) is 26.7 Å². The van der Waals surface area contributed by atoms with Crippen molar-refractivity contribution in [3.05, 3.63) is 11.4 Å². The highest BCUT2D eigenvalue weighted by Gasteiger charge is 2.25. The van der Waals surface area contributed by atoms with Crippen molar-refractivity contribution < 1.29 is 8.42 Å². The maximum absolute atomic E-state index is 12.4. The van der Waals surface area contributed by atoms with Gasteiger partial charge in [-0.1, -0.05) is 0 Å². The lowest BCUT2D eigenvalue weighted by Crippen LogP contribution is -2.39. The lowest BCUT2D eigenvalue weighted by molar-refractivity contribution is 0.211. The molecular weight excluding hydrogens is 278 g/mol. The molecule has 8 heteroatoms. The number of nitrogens with one attached hydrogen (secondary N) is 2. The molecule has 2 heterocycles. The van der Waals surface area contributed by atoms with E-state index in [1.54, 1.807) is 6.92 Å². The molecule has 1 aromatic heterocycles. The van der Waals surface area contributed by atoms with Gasteiger partial charge in [0.1, 0.15) is 4.90 Å². The van der Waals surface area contributed by atoms with Crippen molar-refractivity contribution in [1.29, 1.82) is 0 Å². The summed E-state index contributed by atoms with van der Waals surface area (Å²) in [5.74, 6) is 0.358. The molecule has 1 fully saturated rings. The molecule has 0 saturated carbocycles. The van der Waals surface area contributed by atoms with Gasteiger partial charge in [0.2, 0.25) is 10.0 Å². The van der Waals surface area contributed by atoms with Crippen LogP contribution in [0.2, 0.25) is 0 Å². The van der Waals surface area contributed by atoms with E-state index in [2.05, 4.69) is 26.9 Å². The van der Waals surface area contributed by atoms with Crippen LogP contribution in [0.25, 0.3) is 0 Å². The highest BCUT2D eigenvalue weighted by Crippen LogP contribution is 2.19. The number of hydrogen-bond acceptors (Lipinski definition) is 5. The number of aromatic amines is 1. The molecule has 7 nitrogen and oxygen atoms in total. The Labute approximate surface area is 120 Å². The number of piperidine rings is 1. The van der Waals surface area contributed by atoms with Gasteiger partial charge >= 0.3 is 0 Å². The van der Waals surface area contributed by atoms with Crippen LogP contribution in [-0.2, 0) is 16.6 Å². The maximum Gasteiger partial charge on any atom is 0.244 e. The second-order valence-electron chi connectivity index (χ2n) is 5.45. The summed E-state index contributed by atoms with van der Waals surface area (Å²) in [7, 11) is -1.49. The number of hydrogen-bond donors (Lipinski definition) is 3. The molecule has 0 aliphatic carbocycles. The standard InChI is InChI=1S/C12H23N5O2S/c1-9-12(11(6-13)16-15-9)20(18,19)14-7-10-4-3-5-17(2)8-10/h10,14H,3-8,13H2,1-2H3,(H,15,16). The molecule has 1 aliphatic heterocycles. The van der Waals surface area contributed by atoms with Gasteiger partial charge in [-0.25, -0.2) is 13.1 Å². The minimum Gasteiger partial charge on any atom is -0.325 e. The molecule has 1 aromatic rings. The van der Waals surface area contributed by atoms with Crippen LogP contribution < -0.4 is 10.5 Å². The fourth-order valence-corrected chi connectivity index (χ4v) is 4.19. The third-order valence-corrected chi connectivity index (χ3v) is 5.33. The van der Waals surface area contributed by atoms with Crippen molar-refractivity contribution in [1.82, 2.24) is 19.8 Å². The Kier molecular flexibility index (Phi) is 4.79. The van der Waals surface area contributed by atoms with Gasteiger partial charge in [0.05, 0.1) is 11.4 Å². The Morgan fingerprint density at radius 3 is 2.95 bits per heavy atom. The second-order valence-corrected chi connectivity index (χ2v) is 7.15. The number of aromatic nitrogens is 2. The number of rotatable bonds is 5. The quantitative estimate of drug-likeness (QED) is 0.698. The highest BCUT2D eigenvalue weighted by atomic mass is 32.2. The summed E-state index contributed by atoms with van der Waals surface area (Å²) in [6.07, 6.45) is 2.17. The van der Waals surface area contributed by atoms with E-state index in [4.69, 9.17) is 5.73 Å². The lowest BCUT2D eigenvalue weighted by Gasteiger charge is -2.29. The third kappa shape index (κ3) is 3.38. The summed E-state index contributed by atoms with van der Waals surface area (Å²) in [4.78, 5) is 2.43. The summed E-state index contributed by atoms with van der Waals surface area (Å²) in [6, 6.07) is 0. The van der Waals surface area contributed by atoms with E-state index < -0.39 is 10.0 Å². The first kappa shape index (κ1) is 15.4. The number of likely N-dealkylation sites (tertiary alicyclic amines) is 1. The fraction of sp³-hybridized carbons (Fsp3) is 0.750. The molecular formula is C12H23N5O2S. The Balaban J connectivity index is 2.05. The summed E-state index contributed by atoms with van der Waals surface area (Å²) in [6.45, 7) is 4.27. The molecule has 0 spiro atoms. The Morgan fingerprint density at radius 1 is 1.55 bits per heavy atom. The molecule has 2 rings (SSSR count). The predicted octanol–water partition coefficient (Wildman–Crippen LogP) is -0.203. The minimum atomic E-state index is -3.55. The summed E-state index contributed by atoms with van der Waals surface area (Å²) in [5, 5.41) is 6.61. The van der Waals surface area contributed by atoms with Crippen molar-refractivity contribution in [2.24, 2.45) is 11.7 Å². The van der Waals surface area contributed by atoms with Crippen LogP contribution in [0.1, 0.15) is 24.2 Å². The van der Waals surface area contributed by atoms with E-state index >= 15 is 0 Å². The van der Waals surface area contributed by atoms with Gasteiger partial charge in [-0.05, 0) is 39.3 Å². The van der Waals surface area contributed by atoms with Crippen LogP contribution in [0, 0.1) is 12.8 Å². The molecule has 1 aliphatic rings. The molecule has 4 N–H and O–H groups in total. The fourth-order valence-electron chi connectivity index (χ4n) is 2.70. The zero-order valence-corrected chi connectivity index (χ0v) is 12.8. The zero-order valence-electron chi connectivity index (χ0n) is 12.0. The average molecular weight is 301 g/mol.